The molecule has 0 aliphatic rings. The lowest BCUT2D eigenvalue weighted by Crippen LogP contribution is -2.10. The Morgan fingerprint density at radius 3 is 2.59 bits per heavy atom. The number of rotatable bonds is 4. The molecule has 0 spiro atoms. The number of fused-ring (bicyclic) bond motifs is 1. The molecule has 3 heterocycles. The molecular weight excluding hydrogens is 445 g/mol. The van der Waals surface area contributed by atoms with E-state index in [2.05, 4.69) is 9.97 Å². The van der Waals surface area contributed by atoms with Crippen molar-refractivity contribution >= 4 is 43.4 Å². The Balaban J connectivity index is 1.69. The number of thiazole rings is 1. The molecule has 4 aromatic rings. The van der Waals surface area contributed by atoms with Crippen molar-refractivity contribution in [2.45, 2.75) is 16.1 Å². The van der Waals surface area contributed by atoms with Crippen molar-refractivity contribution in [3.63, 3.8) is 0 Å². The Morgan fingerprint density at radius 1 is 1.10 bits per heavy atom. The molecule has 4 rings (SSSR count). The minimum Gasteiger partial charge on any atom is -0.321 e. The van der Waals surface area contributed by atoms with E-state index >= 15 is 0 Å². The maximum atomic E-state index is 12.9. The molecule has 150 valence electrons. The van der Waals surface area contributed by atoms with E-state index in [-0.39, 0.29) is 26.7 Å². The second kappa shape index (κ2) is 7.08. The predicted octanol–water partition coefficient (Wildman–Crippen LogP) is 4.71. The number of aromatic amines is 1. The maximum absolute atomic E-state index is 12.9. The van der Waals surface area contributed by atoms with Gasteiger partial charge in [-0.2, -0.15) is 13.2 Å². The molecule has 0 unspecified atom stereocenters. The van der Waals surface area contributed by atoms with Gasteiger partial charge in [-0.3, -0.25) is 4.79 Å². The van der Waals surface area contributed by atoms with Crippen LogP contribution in [0.4, 0.5) is 13.2 Å². The molecule has 1 aromatic carbocycles. The van der Waals surface area contributed by atoms with Crippen molar-refractivity contribution in [1.29, 1.82) is 0 Å². The number of thiophene rings is 1. The van der Waals surface area contributed by atoms with Gasteiger partial charge < -0.3 is 4.98 Å². The fourth-order valence-corrected chi connectivity index (χ4v) is 6.25. The van der Waals surface area contributed by atoms with E-state index < -0.39 is 27.1 Å². The number of aromatic nitrogens is 2. The monoisotopic (exact) mass is 456 g/mol. The summed E-state index contributed by atoms with van der Waals surface area (Å²) in [6.45, 7) is 0. The van der Waals surface area contributed by atoms with Crippen molar-refractivity contribution in [2.24, 2.45) is 0 Å². The van der Waals surface area contributed by atoms with Crippen molar-refractivity contribution in [2.75, 3.05) is 0 Å². The van der Waals surface area contributed by atoms with Crippen LogP contribution in [0.2, 0.25) is 0 Å². The van der Waals surface area contributed by atoms with Crippen LogP contribution in [0.5, 0.6) is 0 Å². The summed E-state index contributed by atoms with van der Waals surface area (Å²) < 4.78 is 63.5. The third kappa shape index (κ3) is 3.98. The summed E-state index contributed by atoms with van der Waals surface area (Å²) in [7, 11) is -3.53. The highest BCUT2D eigenvalue weighted by atomic mass is 32.2. The van der Waals surface area contributed by atoms with Crippen molar-refractivity contribution in [1.82, 2.24) is 9.97 Å². The van der Waals surface area contributed by atoms with Gasteiger partial charge in [0.2, 0.25) is 0 Å². The predicted molar refractivity (Wildman–Crippen MR) is 106 cm³/mol. The summed E-state index contributed by atoms with van der Waals surface area (Å²) in [5.74, 6) is -0.293. The molecule has 0 atom stereocenters. The summed E-state index contributed by atoms with van der Waals surface area (Å²) in [6.07, 6.45) is -4.51. The van der Waals surface area contributed by atoms with Crippen molar-refractivity contribution < 1.29 is 21.6 Å². The lowest BCUT2D eigenvalue weighted by molar-refractivity contribution is -0.137. The van der Waals surface area contributed by atoms with Crippen LogP contribution >= 0.6 is 22.7 Å². The van der Waals surface area contributed by atoms with Gasteiger partial charge in [-0.25, -0.2) is 13.4 Å². The van der Waals surface area contributed by atoms with Gasteiger partial charge >= 0.3 is 6.18 Å². The number of nitrogens with one attached hydrogen (secondary N) is 1. The summed E-state index contributed by atoms with van der Waals surface area (Å²) in [5.41, 5.74) is -0.968. The normalized spacial score (nSPS) is 12.5. The molecule has 29 heavy (non-hydrogen) atoms. The van der Waals surface area contributed by atoms with Gasteiger partial charge in [-0.05, 0) is 35.0 Å². The highest BCUT2D eigenvalue weighted by molar-refractivity contribution is 7.92. The van der Waals surface area contributed by atoms with Gasteiger partial charge in [0.05, 0.1) is 16.8 Å². The van der Waals surface area contributed by atoms with Crippen LogP contribution in [0.15, 0.2) is 56.2 Å². The Bertz CT molecular complexity index is 1350. The van der Waals surface area contributed by atoms with Gasteiger partial charge in [-0.1, -0.05) is 12.1 Å². The summed E-state index contributed by atoms with van der Waals surface area (Å²) in [4.78, 5) is 19.1. The van der Waals surface area contributed by atoms with Crippen LogP contribution in [0.25, 0.3) is 22.2 Å². The highest BCUT2D eigenvalue weighted by Gasteiger charge is 2.30. The molecule has 0 aliphatic heterocycles. The number of alkyl halides is 3. The van der Waals surface area contributed by atoms with E-state index in [1.807, 2.05) is 0 Å². The fourth-order valence-electron chi connectivity index (χ4n) is 2.74. The first-order valence-corrected chi connectivity index (χ1v) is 11.5. The number of pyridine rings is 1. The molecule has 0 saturated carbocycles. The Labute approximate surface area is 170 Å². The maximum Gasteiger partial charge on any atom is 0.416 e. The number of hydrogen-bond acceptors (Lipinski definition) is 6. The topological polar surface area (TPSA) is 79.9 Å². The highest BCUT2D eigenvalue weighted by Crippen LogP contribution is 2.31. The Hall–Kier alpha value is -2.50. The van der Waals surface area contributed by atoms with Gasteiger partial charge in [0.1, 0.15) is 15.0 Å². The quantitative estimate of drug-likeness (QED) is 0.483. The van der Waals surface area contributed by atoms with Crippen LogP contribution in [0.1, 0.15) is 10.6 Å². The molecule has 11 heteroatoms. The number of H-pyrrole nitrogens is 1. The first kappa shape index (κ1) is 19.8. The average Bonchev–Trinajstić information content (AvgIpc) is 3.31. The average molecular weight is 456 g/mol. The number of halogens is 3. The first-order valence-electron chi connectivity index (χ1n) is 8.09. The molecular formula is C18H11F3N2O3S3. The van der Waals surface area contributed by atoms with Gasteiger partial charge in [-0.15, -0.1) is 22.7 Å². The van der Waals surface area contributed by atoms with Crippen molar-refractivity contribution in [3.05, 3.63) is 68.1 Å². The third-order valence-electron chi connectivity index (χ3n) is 4.12. The molecule has 0 bridgehead atoms. The second-order valence-electron chi connectivity index (χ2n) is 6.13. The minimum absolute atomic E-state index is 0.0595. The van der Waals surface area contributed by atoms with Crippen LogP contribution in [0.3, 0.4) is 0 Å². The van der Waals surface area contributed by atoms with Crippen LogP contribution < -0.4 is 5.56 Å². The van der Waals surface area contributed by atoms with E-state index in [9.17, 15) is 26.4 Å². The van der Waals surface area contributed by atoms with Crippen LogP contribution in [-0.2, 0) is 21.8 Å². The van der Waals surface area contributed by atoms with Gasteiger partial charge in [0, 0.05) is 10.9 Å². The Kier molecular flexibility index (Phi) is 4.83. The SMILES string of the molecule is O=c1[nH]c2cc(C(F)(F)F)ccc2cc1-c1csc(CS(=O)(=O)c2cccs2)n1. The lowest BCUT2D eigenvalue weighted by atomic mass is 10.1. The molecule has 1 N–H and O–H groups in total. The largest absolute Gasteiger partial charge is 0.416 e. The molecule has 0 fully saturated rings. The van der Waals surface area contributed by atoms with Crippen LogP contribution in [0, 0.1) is 0 Å². The lowest BCUT2D eigenvalue weighted by Gasteiger charge is -2.08. The van der Waals surface area contributed by atoms with Crippen LogP contribution in [-0.4, -0.2) is 18.4 Å². The number of nitrogens with zero attached hydrogens (tertiary/aromatic N) is 1. The van der Waals surface area contributed by atoms with Gasteiger partial charge in [0.25, 0.3) is 5.56 Å². The minimum atomic E-state index is -4.51. The standard InChI is InChI=1S/C18H11F3N2O3S3/c19-18(20,21)11-4-3-10-6-12(17(24)23-13(10)7-11)14-8-28-15(22-14)9-29(25,26)16-2-1-5-27-16/h1-8H,9H2,(H,23,24). The number of sulfone groups is 1. The first-order chi connectivity index (χ1) is 13.6. The zero-order valence-electron chi connectivity index (χ0n) is 14.4. The Morgan fingerprint density at radius 2 is 1.90 bits per heavy atom. The third-order valence-corrected chi connectivity index (χ3v) is 8.26. The van der Waals surface area contributed by atoms with Crippen molar-refractivity contribution in [3.8, 4) is 11.3 Å². The molecule has 5 nitrogen and oxygen atoms in total. The second-order valence-corrected chi connectivity index (χ2v) is 10.2. The number of hydrogen-bond donors (Lipinski definition) is 1. The molecule has 3 aromatic heterocycles. The van der Waals surface area contributed by atoms with E-state index in [0.29, 0.717) is 10.4 Å². The fraction of sp³-hybridized carbons (Fsp3) is 0.111. The van der Waals surface area contributed by atoms with E-state index in [0.717, 1.165) is 34.8 Å². The molecule has 0 saturated heterocycles. The van der Waals surface area contributed by atoms with E-state index in [1.165, 1.54) is 18.2 Å². The zero-order chi connectivity index (χ0) is 20.8. The summed E-state index contributed by atoms with van der Waals surface area (Å²) in [5, 5.41) is 3.95. The molecule has 0 amide bonds. The summed E-state index contributed by atoms with van der Waals surface area (Å²) >= 11 is 2.21. The molecule has 0 aliphatic carbocycles. The van der Waals surface area contributed by atoms with Gasteiger partial charge in [0.15, 0.2) is 9.84 Å². The summed E-state index contributed by atoms with van der Waals surface area (Å²) in [6, 6.07) is 7.68. The smallest absolute Gasteiger partial charge is 0.321 e. The van der Waals surface area contributed by atoms with E-state index in [4.69, 9.17) is 0 Å². The number of benzene rings is 1. The van der Waals surface area contributed by atoms with E-state index in [1.54, 1.807) is 16.8 Å². The zero-order valence-corrected chi connectivity index (χ0v) is 16.8. The molecule has 0 radical (unpaired) electrons.